The van der Waals surface area contributed by atoms with Gasteiger partial charge in [0.05, 0.1) is 26.9 Å². The van der Waals surface area contributed by atoms with Gasteiger partial charge < -0.3 is 4.57 Å². The Morgan fingerprint density at radius 3 is 2.17 bits per heavy atom. The first kappa shape index (κ1) is 23.0. The Morgan fingerprint density at radius 2 is 1.29 bits per heavy atom. The Kier molecular flexibility index (Phi) is 4.58. The zero-order valence-corrected chi connectivity index (χ0v) is 23.7. The van der Waals surface area contributed by atoms with Crippen LogP contribution in [0.3, 0.4) is 0 Å². The van der Waals surface area contributed by atoms with Crippen LogP contribution in [0.5, 0.6) is 0 Å². The lowest BCUT2D eigenvalue weighted by molar-refractivity contribution is 0.661. The first-order chi connectivity index (χ1) is 20.1. The van der Waals surface area contributed by atoms with Crippen molar-refractivity contribution in [3.63, 3.8) is 0 Å². The maximum absolute atomic E-state index is 5.01. The average molecular weight is 543 g/mol. The Morgan fingerprint density at radius 1 is 0.561 bits per heavy atom. The van der Waals surface area contributed by atoms with Gasteiger partial charge in [-0.1, -0.05) is 92.7 Å². The minimum Gasteiger partial charge on any atom is -0.309 e. The molecule has 0 atom stereocenters. The van der Waals surface area contributed by atoms with E-state index in [1.807, 2.05) is 0 Å². The van der Waals surface area contributed by atoms with Gasteiger partial charge in [-0.05, 0) is 70.1 Å². The first-order valence-corrected chi connectivity index (χ1v) is 15.0. The largest absolute Gasteiger partial charge is 0.309 e. The normalized spacial score (nSPS) is 13.8. The summed E-state index contributed by atoms with van der Waals surface area (Å²) >= 11 is 1.76. The molecular weight excluding hydrogens is 516 g/mol. The lowest BCUT2D eigenvalue weighted by atomic mass is 9.82. The van der Waals surface area contributed by atoms with E-state index >= 15 is 0 Å². The third kappa shape index (κ3) is 3.10. The van der Waals surface area contributed by atoms with Gasteiger partial charge in [0.1, 0.15) is 5.01 Å². The number of thiazole rings is 1. The summed E-state index contributed by atoms with van der Waals surface area (Å²) in [6.07, 6.45) is 0. The van der Waals surface area contributed by atoms with E-state index in [1.54, 1.807) is 11.3 Å². The zero-order valence-electron chi connectivity index (χ0n) is 22.8. The molecule has 1 aliphatic rings. The van der Waals surface area contributed by atoms with Crippen LogP contribution < -0.4 is 0 Å². The van der Waals surface area contributed by atoms with Crippen molar-refractivity contribution in [2.75, 3.05) is 0 Å². The van der Waals surface area contributed by atoms with Gasteiger partial charge >= 0.3 is 0 Å². The molecule has 2 nitrogen and oxygen atoms in total. The maximum Gasteiger partial charge on any atom is 0.125 e. The van der Waals surface area contributed by atoms with E-state index in [2.05, 4.69) is 140 Å². The molecule has 2 heterocycles. The van der Waals surface area contributed by atoms with E-state index in [4.69, 9.17) is 4.98 Å². The third-order valence-electron chi connectivity index (χ3n) is 9.04. The average Bonchev–Trinajstić information content (AvgIpc) is 3.65. The number of para-hydroxylation sites is 2. The summed E-state index contributed by atoms with van der Waals surface area (Å²) in [5, 5.41) is 6.11. The molecule has 0 N–H and O–H groups in total. The molecule has 6 aromatic carbocycles. The number of aromatic nitrogens is 2. The highest BCUT2D eigenvalue weighted by Gasteiger charge is 2.36. The van der Waals surface area contributed by atoms with E-state index in [1.165, 1.54) is 70.8 Å². The van der Waals surface area contributed by atoms with E-state index in [9.17, 15) is 0 Å². The van der Waals surface area contributed by atoms with Crippen molar-refractivity contribution in [1.29, 1.82) is 0 Å². The molecule has 0 fully saturated rings. The summed E-state index contributed by atoms with van der Waals surface area (Å²) in [4.78, 5) is 5.01. The Balaban J connectivity index is 1.36. The molecule has 0 amide bonds. The van der Waals surface area contributed by atoms with Crippen LogP contribution in [0.15, 0.2) is 121 Å². The fourth-order valence-electron chi connectivity index (χ4n) is 7.07. The van der Waals surface area contributed by atoms with Gasteiger partial charge in [0.15, 0.2) is 0 Å². The number of hydrogen-bond acceptors (Lipinski definition) is 2. The van der Waals surface area contributed by atoms with Gasteiger partial charge in [-0.15, -0.1) is 11.3 Å². The molecule has 9 rings (SSSR count). The van der Waals surface area contributed by atoms with Crippen molar-refractivity contribution >= 4 is 54.1 Å². The summed E-state index contributed by atoms with van der Waals surface area (Å²) in [5.41, 5.74) is 11.4. The second-order valence-corrected chi connectivity index (χ2v) is 12.6. The predicted octanol–water partition coefficient (Wildman–Crippen LogP) is 10.5. The van der Waals surface area contributed by atoms with Crippen LogP contribution in [0.2, 0.25) is 0 Å². The minimum atomic E-state index is -0.0328. The van der Waals surface area contributed by atoms with Crippen LogP contribution >= 0.6 is 11.3 Å². The van der Waals surface area contributed by atoms with Crippen molar-refractivity contribution in [3.8, 4) is 27.4 Å². The smallest absolute Gasteiger partial charge is 0.125 e. The van der Waals surface area contributed by atoms with Gasteiger partial charge in [0.2, 0.25) is 0 Å². The quantitative estimate of drug-likeness (QED) is 0.212. The standard InChI is InChI=1S/C38H26N2S/c1-38(2)30-15-7-5-12-24(30)28-22-35-29(21-31(28)38)26-14-6-9-17-33(26)40(35)34-20-19-27(23-11-3-4-13-25(23)34)37-39-32-16-8-10-18-36(32)41-37/h3-22H,1-2H3. The summed E-state index contributed by atoms with van der Waals surface area (Å²) in [5.74, 6) is 0. The van der Waals surface area contributed by atoms with E-state index in [0.717, 1.165) is 10.5 Å². The van der Waals surface area contributed by atoms with Crippen LogP contribution in [0, 0.1) is 0 Å². The van der Waals surface area contributed by atoms with E-state index < -0.39 is 0 Å². The third-order valence-corrected chi connectivity index (χ3v) is 10.1. The molecule has 0 unspecified atom stereocenters. The number of benzene rings is 6. The van der Waals surface area contributed by atoms with Crippen molar-refractivity contribution in [2.45, 2.75) is 19.3 Å². The number of fused-ring (bicyclic) bond motifs is 8. The Bertz CT molecular complexity index is 2320. The molecule has 0 radical (unpaired) electrons. The van der Waals surface area contributed by atoms with Crippen LogP contribution in [-0.2, 0) is 5.41 Å². The van der Waals surface area contributed by atoms with E-state index in [0.29, 0.717) is 0 Å². The topological polar surface area (TPSA) is 17.8 Å². The van der Waals surface area contributed by atoms with Gasteiger partial charge in [0.25, 0.3) is 0 Å². The van der Waals surface area contributed by atoms with Crippen LogP contribution in [0.1, 0.15) is 25.0 Å². The highest BCUT2D eigenvalue weighted by Crippen LogP contribution is 2.51. The highest BCUT2D eigenvalue weighted by molar-refractivity contribution is 7.21. The number of nitrogens with zero attached hydrogens (tertiary/aromatic N) is 2. The molecule has 41 heavy (non-hydrogen) atoms. The minimum absolute atomic E-state index is 0.0328. The fourth-order valence-corrected chi connectivity index (χ4v) is 8.08. The summed E-state index contributed by atoms with van der Waals surface area (Å²) in [6, 6.07) is 44.4. The lowest BCUT2D eigenvalue weighted by Gasteiger charge is -2.21. The van der Waals surface area contributed by atoms with Crippen molar-refractivity contribution in [1.82, 2.24) is 9.55 Å². The summed E-state index contributed by atoms with van der Waals surface area (Å²) in [6.45, 7) is 4.72. The van der Waals surface area contributed by atoms with Crippen LogP contribution in [-0.4, -0.2) is 9.55 Å². The molecule has 0 aliphatic heterocycles. The summed E-state index contributed by atoms with van der Waals surface area (Å²) < 4.78 is 3.69. The molecule has 0 spiro atoms. The second kappa shape index (κ2) is 8.15. The fraction of sp³-hybridized carbons (Fsp3) is 0.0789. The number of rotatable bonds is 2. The molecule has 2 aromatic heterocycles. The van der Waals surface area contributed by atoms with Crippen molar-refractivity contribution in [2.24, 2.45) is 0 Å². The van der Waals surface area contributed by atoms with Gasteiger partial charge in [0, 0.05) is 27.1 Å². The first-order valence-electron chi connectivity index (χ1n) is 14.2. The maximum atomic E-state index is 5.01. The predicted molar refractivity (Wildman–Crippen MR) is 174 cm³/mol. The van der Waals surface area contributed by atoms with Crippen LogP contribution in [0.4, 0.5) is 0 Å². The molecule has 0 bridgehead atoms. The molecular formula is C38H26N2S. The Hall–Kier alpha value is -4.73. The summed E-state index contributed by atoms with van der Waals surface area (Å²) in [7, 11) is 0. The number of hydrogen-bond donors (Lipinski definition) is 0. The molecule has 3 heteroatoms. The Labute approximate surface area is 242 Å². The van der Waals surface area contributed by atoms with Crippen molar-refractivity contribution < 1.29 is 0 Å². The second-order valence-electron chi connectivity index (χ2n) is 11.6. The monoisotopic (exact) mass is 542 g/mol. The van der Waals surface area contributed by atoms with Gasteiger partial charge in [-0.3, -0.25) is 0 Å². The molecule has 194 valence electrons. The molecule has 0 saturated carbocycles. The van der Waals surface area contributed by atoms with E-state index in [-0.39, 0.29) is 5.41 Å². The van der Waals surface area contributed by atoms with Crippen LogP contribution in [0.25, 0.3) is 70.2 Å². The highest BCUT2D eigenvalue weighted by atomic mass is 32.1. The lowest BCUT2D eigenvalue weighted by Crippen LogP contribution is -2.14. The molecule has 1 aliphatic carbocycles. The zero-order chi connectivity index (χ0) is 27.3. The van der Waals surface area contributed by atoms with Gasteiger partial charge in [-0.2, -0.15) is 0 Å². The SMILES string of the molecule is CC1(C)c2ccccc2-c2cc3c(cc21)c1ccccc1n3-c1ccc(-c2nc3ccccc3s2)c2ccccc12. The van der Waals surface area contributed by atoms with Gasteiger partial charge in [-0.25, -0.2) is 4.98 Å². The molecule has 0 saturated heterocycles. The molecule has 8 aromatic rings. The van der Waals surface area contributed by atoms with Crippen molar-refractivity contribution in [3.05, 3.63) is 132 Å².